The first-order valence-corrected chi connectivity index (χ1v) is 13.2. The summed E-state index contributed by atoms with van der Waals surface area (Å²) in [5, 5.41) is 10.8. The fourth-order valence-electron chi connectivity index (χ4n) is 7.83. The molecule has 178 valence electrons. The molecule has 4 heteroatoms. The normalized spacial score (nSPS) is 33.5. The van der Waals surface area contributed by atoms with E-state index in [0.29, 0.717) is 11.8 Å². The van der Waals surface area contributed by atoms with E-state index < -0.39 is 0 Å². The Morgan fingerprint density at radius 3 is 2.79 bits per heavy atom. The number of hydrogen-bond acceptors (Lipinski definition) is 4. The molecule has 0 radical (unpaired) electrons. The van der Waals surface area contributed by atoms with Crippen LogP contribution in [0.5, 0.6) is 11.5 Å². The quantitative estimate of drug-likeness (QED) is 0.460. The van der Waals surface area contributed by atoms with Gasteiger partial charge in [0.1, 0.15) is 6.10 Å². The van der Waals surface area contributed by atoms with E-state index in [-0.39, 0.29) is 22.9 Å². The molecule has 2 aliphatic heterocycles. The lowest BCUT2D eigenvalue weighted by Gasteiger charge is -2.65. The van der Waals surface area contributed by atoms with Crippen LogP contribution in [0.2, 0.25) is 0 Å². The highest BCUT2D eigenvalue weighted by molar-refractivity contribution is 5.64. The molecular formula is C30H35NO3. The molecule has 2 heterocycles. The Kier molecular flexibility index (Phi) is 4.70. The van der Waals surface area contributed by atoms with Crippen molar-refractivity contribution in [2.24, 2.45) is 5.92 Å². The highest BCUT2D eigenvalue weighted by Crippen LogP contribution is 2.67. The molecule has 4 nitrogen and oxygen atoms in total. The minimum Gasteiger partial charge on any atom is -0.504 e. The van der Waals surface area contributed by atoms with Crippen molar-refractivity contribution in [2.75, 3.05) is 19.7 Å². The molecule has 34 heavy (non-hydrogen) atoms. The number of rotatable bonds is 7. The van der Waals surface area contributed by atoms with Crippen LogP contribution < -0.4 is 4.74 Å². The lowest BCUT2D eigenvalue weighted by atomic mass is 9.48. The van der Waals surface area contributed by atoms with Gasteiger partial charge in [0.15, 0.2) is 11.5 Å². The van der Waals surface area contributed by atoms with E-state index in [9.17, 15) is 5.11 Å². The molecule has 2 aromatic carbocycles. The standard InChI is InChI=1S/C30H35NO3/c1-20-13-14-30(33-17-5-8-21-6-3-2-4-7-21)25-18-23-11-12-24(32)27-26(23)29(30,28(20)34-27)15-16-31(25)19-22-9-10-22/h2-4,6-7,11-12,22,25,28,32H,1,5,8-10,13-19H2/t25?,28-,29-,30+/m0/s1. The minimum absolute atomic E-state index is 0.0942. The number of hydrogen-bond donors (Lipinski definition) is 1. The number of phenolic OH excluding ortho intramolecular Hbond substituents is 1. The molecule has 1 unspecified atom stereocenters. The molecule has 2 saturated carbocycles. The van der Waals surface area contributed by atoms with Gasteiger partial charge in [-0.15, -0.1) is 0 Å². The van der Waals surface area contributed by atoms with Crippen LogP contribution in [0.15, 0.2) is 54.6 Å². The van der Waals surface area contributed by atoms with Gasteiger partial charge in [-0.05, 0) is 86.6 Å². The van der Waals surface area contributed by atoms with E-state index in [1.807, 2.05) is 6.07 Å². The third-order valence-electron chi connectivity index (χ3n) is 9.48. The van der Waals surface area contributed by atoms with Crippen LogP contribution in [0.4, 0.5) is 0 Å². The molecule has 4 atom stereocenters. The lowest BCUT2D eigenvalue weighted by molar-refractivity contribution is -0.207. The van der Waals surface area contributed by atoms with Gasteiger partial charge in [-0.1, -0.05) is 43.0 Å². The van der Waals surface area contributed by atoms with Gasteiger partial charge in [-0.2, -0.15) is 0 Å². The van der Waals surface area contributed by atoms with Crippen LogP contribution in [0.1, 0.15) is 55.2 Å². The molecule has 2 bridgehead atoms. The second-order valence-electron chi connectivity index (χ2n) is 11.3. The fraction of sp³-hybridized carbons (Fsp3) is 0.533. The molecule has 7 rings (SSSR count). The zero-order chi connectivity index (χ0) is 22.9. The second-order valence-corrected chi connectivity index (χ2v) is 11.3. The topological polar surface area (TPSA) is 41.9 Å². The van der Waals surface area contributed by atoms with Crippen molar-refractivity contribution < 1.29 is 14.6 Å². The SMILES string of the molecule is C=C1CC[C@@]2(OCCCc3ccccc3)C3Cc4ccc(O)c5c4[C@@]2(CCN3CC2CC2)[C@H]1O5. The smallest absolute Gasteiger partial charge is 0.166 e. The number of phenols is 1. The van der Waals surface area contributed by atoms with Crippen LogP contribution in [0, 0.1) is 5.92 Å². The summed E-state index contributed by atoms with van der Waals surface area (Å²) in [5.74, 6) is 1.83. The lowest BCUT2D eigenvalue weighted by Crippen LogP contribution is -2.76. The number of aryl methyl sites for hydroxylation is 1. The molecule has 3 aliphatic carbocycles. The van der Waals surface area contributed by atoms with Crippen LogP contribution >= 0.6 is 0 Å². The molecule has 3 fully saturated rings. The Bertz CT molecular complexity index is 1130. The van der Waals surface area contributed by atoms with E-state index in [2.05, 4.69) is 47.9 Å². The van der Waals surface area contributed by atoms with Gasteiger partial charge in [0.25, 0.3) is 0 Å². The van der Waals surface area contributed by atoms with Crippen molar-refractivity contribution >= 4 is 0 Å². The highest BCUT2D eigenvalue weighted by atomic mass is 16.5. The summed E-state index contributed by atoms with van der Waals surface area (Å²) in [6.07, 6.45) is 8.63. The van der Waals surface area contributed by atoms with Crippen LogP contribution in [-0.2, 0) is 23.0 Å². The van der Waals surface area contributed by atoms with Gasteiger partial charge < -0.3 is 14.6 Å². The molecule has 1 spiro atoms. The van der Waals surface area contributed by atoms with Crippen molar-refractivity contribution in [3.8, 4) is 11.5 Å². The monoisotopic (exact) mass is 457 g/mol. The van der Waals surface area contributed by atoms with Gasteiger partial charge in [0.2, 0.25) is 0 Å². The zero-order valence-electron chi connectivity index (χ0n) is 20.0. The van der Waals surface area contributed by atoms with Crippen molar-refractivity contribution in [3.63, 3.8) is 0 Å². The Labute approximate surface area is 202 Å². The van der Waals surface area contributed by atoms with E-state index in [0.717, 1.165) is 57.6 Å². The molecule has 1 saturated heterocycles. The maximum Gasteiger partial charge on any atom is 0.166 e. The molecule has 1 N–H and O–H groups in total. The summed E-state index contributed by atoms with van der Waals surface area (Å²) >= 11 is 0. The molecule has 0 aromatic heterocycles. The maximum atomic E-state index is 10.8. The van der Waals surface area contributed by atoms with Gasteiger partial charge >= 0.3 is 0 Å². The van der Waals surface area contributed by atoms with E-state index in [1.54, 1.807) is 0 Å². The first-order valence-electron chi connectivity index (χ1n) is 13.2. The van der Waals surface area contributed by atoms with E-state index >= 15 is 0 Å². The summed E-state index contributed by atoms with van der Waals surface area (Å²) in [4.78, 5) is 2.76. The molecular weight excluding hydrogens is 422 g/mol. The summed E-state index contributed by atoms with van der Waals surface area (Å²) < 4.78 is 13.8. The summed E-state index contributed by atoms with van der Waals surface area (Å²) in [6.45, 7) is 7.50. The van der Waals surface area contributed by atoms with Crippen LogP contribution in [0.25, 0.3) is 0 Å². The number of ether oxygens (including phenoxy) is 2. The van der Waals surface area contributed by atoms with Gasteiger partial charge in [0, 0.05) is 24.8 Å². The average Bonchev–Trinajstić information content (AvgIpc) is 3.59. The van der Waals surface area contributed by atoms with E-state index in [4.69, 9.17) is 9.47 Å². The first kappa shape index (κ1) is 21.0. The van der Waals surface area contributed by atoms with Gasteiger partial charge in [0.05, 0.1) is 11.0 Å². The summed E-state index contributed by atoms with van der Waals surface area (Å²) in [5.41, 5.74) is 4.61. The number of aromatic hydroxyl groups is 1. The number of piperidine rings is 1. The van der Waals surface area contributed by atoms with Crippen molar-refractivity contribution in [3.05, 3.63) is 71.3 Å². The van der Waals surface area contributed by atoms with Gasteiger partial charge in [-0.25, -0.2) is 0 Å². The average molecular weight is 458 g/mol. The largest absolute Gasteiger partial charge is 0.504 e. The minimum atomic E-state index is -0.283. The molecule has 5 aliphatic rings. The fourth-order valence-corrected chi connectivity index (χ4v) is 7.83. The second kappa shape index (κ2) is 7.60. The summed E-state index contributed by atoms with van der Waals surface area (Å²) in [7, 11) is 0. The predicted octanol–water partition coefficient (Wildman–Crippen LogP) is 5.17. The van der Waals surface area contributed by atoms with Crippen molar-refractivity contribution in [1.82, 2.24) is 4.90 Å². The third kappa shape index (κ3) is 2.85. The van der Waals surface area contributed by atoms with Crippen LogP contribution in [-0.4, -0.2) is 47.4 Å². The maximum absolute atomic E-state index is 10.8. The number of likely N-dealkylation sites (tertiary alicyclic amines) is 1. The van der Waals surface area contributed by atoms with Gasteiger partial charge in [-0.3, -0.25) is 4.90 Å². The first-order chi connectivity index (χ1) is 16.6. The Balaban J connectivity index is 1.28. The Morgan fingerprint density at radius 2 is 1.97 bits per heavy atom. The predicted molar refractivity (Wildman–Crippen MR) is 132 cm³/mol. The Morgan fingerprint density at radius 1 is 1.12 bits per heavy atom. The summed E-state index contributed by atoms with van der Waals surface area (Å²) in [6, 6.07) is 15.1. The zero-order valence-corrected chi connectivity index (χ0v) is 20.0. The highest BCUT2D eigenvalue weighted by Gasteiger charge is 2.73. The van der Waals surface area contributed by atoms with Crippen molar-refractivity contribution in [1.29, 1.82) is 0 Å². The third-order valence-corrected chi connectivity index (χ3v) is 9.48. The number of benzene rings is 2. The van der Waals surface area contributed by atoms with Crippen LogP contribution in [0.3, 0.4) is 0 Å². The molecule has 0 amide bonds. The molecule has 2 aromatic rings. The van der Waals surface area contributed by atoms with E-state index in [1.165, 1.54) is 41.6 Å². The number of nitrogens with zero attached hydrogens (tertiary/aromatic N) is 1. The van der Waals surface area contributed by atoms with Crippen molar-refractivity contribution in [2.45, 2.75) is 74.5 Å². The Hall–Kier alpha value is -2.30.